The quantitative estimate of drug-likeness (QED) is 0.348. The van der Waals surface area contributed by atoms with Crippen LogP contribution >= 0.6 is 0 Å². The van der Waals surface area contributed by atoms with Crippen LogP contribution < -0.4 is 0 Å². The van der Waals surface area contributed by atoms with Crippen LogP contribution in [0.2, 0.25) is 0 Å². The van der Waals surface area contributed by atoms with Gasteiger partial charge in [0.25, 0.3) is 0 Å². The van der Waals surface area contributed by atoms with Gasteiger partial charge in [-0.2, -0.15) is 0 Å². The minimum atomic E-state index is -0.0463. The van der Waals surface area contributed by atoms with Gasteiger partial charge in [0, 0.05) is 6.42 Å². The molecule has 2 nitrogen and oxygen atoms in total. The van der Waals surface area contributed by atoms with Crippen LogP contribution in [0.4, 0.5) is 0 Å². The highest BCUT2D eigenvalue weighted by molar-refractivity contribution is 5.70. The van der Waals surface area contributed by atoms with Crippen molar-refractivity contribution in [3.63, 3.8) is 0 Å². The zero-order valence-corrected chi connectivity index (χ0v) is 4.85. The second kappa shape index (κ2) is 4.37. The molecule has 1 fully saturated rings. The van der Waals surface area contributed by atoms with Gasteiger partial charge in [0.1, 0.15) is 0 Å². The van der Waals surface area contributed by atoms with Crippen molar-refractivity contribution < 1.29 is 9.53 Å². The molecule has 8 heavy (non-hydrogen) atoms. The summed E-state index contributed by atoms with van der Waals surface area (Å²) in [5, 5.41) is 0. The SMILES string of the molecule is C=C.O=C1CCCO1. The molecule has 0 bridgehead atoms. The predicted octanol–water partition coefficient (Wildman–Crippen LogP) is 1.13. The molecule has 0 atom stereocenters. The number of hydrogen-bond acceptors (Lipinski definition) is 2. The largest absolute Gasteiger partial charge is 0.466 e. The molecule has 1 aliphatic heterocycles. The Bertz CT molecular complexity index is 70.6. The Balaban J connectivity index is 0.000000222. The molecule has 0 saturated carbocycles. The number of ether oxygens (including phenoxy) is 1. The first kappa shape index (κ1) is 7.21. The van der Waals surface area contributed by atoms with E-state index in [2.05, 4.69) is 17.9 Å². The summed E-state index contributed by atoms with van der Waals surface area (Å²) in [5.41, 5.74) is 0. The summed E-state index contributed by atoms with van der Waals surface area (Å²) in [6.07, 6.45) is 1.54. The summed E-state index contributed by atoms with van der Waals surface area (Å²) in [6.45, 7) is 6.64. The number of hydrogen-bond donors (Lipinski definition) is 0. The number of esters is 1. The van der Waals surface area contributed by atoms with E-state index in [-0.39, 0.29) is 5.97 Å². The van der Waals surface area contributed by atoms with Gasteiger partial charge in [0.05, 0.1) is 6.61 Å². The van der Waals surface area contributed by atoms with Crippen molar-refractivity contribution in [2.45, 2.75) is 12.8 Å². The summed E-state index contributed by atoms with van der Waals surface area (Å²) in [5.74, 6) is -0.0463. The lowest BCUT2D eigenvalue weighted by Crippen LogP contribution is -1.88. The highest BCUT2D eigenvalue weighted by Gasteiger charge is 2.08. The molecule has 0 aliphatic carbocycles. The fourth-order valence-corrected chi connectivity index (χ4v) is 0.475. The van der Waals surface area contributed by atoms with Crippen LogP contribution in [0.1, 0.15) is 12.8 Å². The molecule has 0 amide bonds. The molecule has 0 N–H and O–H groups in total. The first-order chi connectivity index (χ1) is 3.89. The molecule has 1 heterocycles. The molecule has 2 heteroatoms. The fraction of sp³-hybridized carbons (Fsp3) is 0.500. The second-order valence-corrected chi connectivity index (χ2v) is 1.32. The molecule has 0 radical (unpaired) electrons. The highest BCUT2D eigenvalue weighted by Crippen LogP contribution is 2.01. The van der Waals surface area contributed by atoms with Crippen LogP contribution in [-0.2, 0) is 9.53 Å². The van der Waals surface area contributed by atoms with E-state index in [9.17, 15) is 4.79 Å². The van der Waals surface area contributed by atoms with Crippen LogP contribution in [0.25, 0.3) is 0 Å². The third-order valence-electron chi connectivity index (χ3n) is 0.788. The van der Waals surface area contributed by atoms with Gasteiger partial charge in [-0.05, 0) is 6.42 Å². The van der Waals surface area contributed by atoms with Crippen LogP contribution in [0.5, 0.6) is 0 Å². The van der Waals surface area contributed by atoms with E-state index in [0.29, 0.717) is 13.0 Å². The Morgan fingerprint density at radius 1 is 1.50 bits per heavy atom. The summed E-state index contributed by atoms with van der Waals surface area (Å²) < 4.78 is 4.51. The molecule has 1 aliphatic rings. The molecule has 0 unspecified atom stereocenters. The lowest BCUT2D eigenvalue weighted by Gasteiger charge is -1.81. The zero-order chi connectivity index (χ0) is 6.41. The molecular weight excluding hydrogens is 104 g/mol. The van der Waals surface area contributed by atoms with E-state index in [1.807, 2.05) is 0 Å². The van der Waals surface area contributed by atoms with Crippen LogP contribution in [-0.4, -0.2) is 12.6 Å². The van der Waals surface area contributed by atoms with Crippen LogP contribution in [0, 0.1) is 0 Å². The van der Waals surface area contributed by atoms with Crippen molar-refractivity contribution in [3.05, 3.63) is 13.2 Å². The van der Waals surface area contributed by atoms with Gasteiger partial charge in [0.15, 0.2) is 0 Å². The smallest absolute Gasteiger partial charge is 0.305 e. The number of cyclic esters (lactones) is 1. The van der Waals surface area contributed by atoms with Crippen molar-refractivity contribution in [1.29, 1.82) is 0 Å². The average molecular weight is 114 g/mol. The molecule has 46 valence electrons. The summed E-state index contributed by atoms with van der Waals surface area (Å²) in [4.78, 5) is 10.0. The molecule has 0 aromatic rings. The molecule has 0 spiro atoms. The Morgan fingerprint density at radius 2 is 2.12 bits per heavy atom. The lowest BCUT2D eigenvalue weighted by atomic mass is 10.4. The van der Waals surface area contributed by atoms with E-state index < -0.39 is 0 Å². The lowest BCUT2D eigenvalue weighted by molar-refractivity contribution is -0.137. The third-order valence-corrected chi connectivity index (χ3v) is 0.788. The van der Waals surface area contributed by atoms with Crippen molar-refractivity contribution >= 4 is 5.97 Å². The van der Waals surface area contributed by atoms with Crippen LogP contribution in [0.15, 0.2) is 13.2 Å². The summed E-state index contributed by atoms with van der Waals surface area (Å²) in [7, 11) is 0. The number of carbonyl (C=O) groups excluding carboxylic acids is 1. The van der Waals surface area contributed by atoms with Gasteiger partial charge in [-0.15, -0.1) is 13.2 Å². The Hall–Kier alpha value is -0.790. The topological polar surface area (TPSA) is 26.3 Å². The van der Waals surface area contributed by atoms with E-state index >= 15 is 0 Å². The highest BCUT2D eigenvalue weighted by atomic mass is 16.5. The van der Waals surface area contributed by atoms with Crippen molar-refractivity contribution in [1.82, 2.24) is 0 Å². The Kier molecular flexibility index (Phi) is 3.94. The van der Waals surface area contributed by atoms with Gasteiger partial charge in [-0.25, -0.2) is 0 Å². The van der Waals surface area contributed by atoms with Gasteiger partial charge in [-0.3, -0.25) is 4.79 Å². The van der Waals surface area contributed by atoms with Crippen LogP contribution in [0.3, 0.4) is 0 Å². The second-order valence-electron chi connectivity index (χ2n) is 1.32. The van der Waals surface area contributed by atoms with Crippen molar-refractivity contribution in [2.75, 3.05) is 6.61 Å². The molecule has 1 saturated heterocycles. The normalized spacial score (nSPS) is 16.2. The zero-order valence-electron chi connectivity index (χ0n) is 4.85. The Morgan fingerprint density at radius 3 is 2.25 bits per heavy atom. The van der Waals surface area contributed by atoms with Crippen molar-refractivity contribution in [2.24, 2.45) is 0 Å². The fourth-order valence-electron chi connectivity index (χ4n) is 0.475. The Labute approximate surface area is 49.1 Å². The molecule has 1 rings (SSSR count). The van der Waals surface area contributed by atoms with E-state index in [1.165, 1.54) is 0 Å². The van der Waals surface area contributed by atoms with E-state index in [4.69, 9.17) is 0 Å². The van der Waals surface area contributed by atoms with Gasteiger partial charge < -0.3 is 4.74 Å². The average Bonchev–Trinajstić information content (AvgIpc) is 2.24. The minimum Gasteiger partial charge on any atom is -0.466 e. The van der Waals surface area contributed by atoms with Crippen molar-refractivity contribution in [3.8, 4) is 0 Å². The number of carbonyl (C=O) groups is 1. The molecular formula is C6H10O2. The maximum Gasteiger partial charge on any atom is 0.305 e. The minimum absolute atomic E-state index is 0.0463. The van der Waals surface area contributed by atoms with E-state index in [1.54, 1.807) is 0 Å². The maximum atomic E-state index is 10.0. The first-order valence-electron chi connectivity index (χ1n) is 2.55. The third kappa shape index (κ3) is 2.39. The standard InChI is InChI=1S/C4H6O2.C2H4/c5-4-2-1-3-6-4;1-2/h1-3H2;1-2H2. The monoisotopic (exact) mass is 114 g/mol. The summed E-state index contributed by atoms with van der Waals surface area (Å²) in [6, 6.07) is 0. The van der Waals surface area contributed by atoms with E-state index in [0.717, 1.165) is 6.42 Å². The number of rotatable bonds is 0. The van der Waals surface area contributed by atoms with Gasteiger partial charge >= 0.3 is 5.97 Å². The predicted molar refractivity (Wildman–Crippen MR) is 31.4 cm³/mol. The van der Waals surface area contributed by atoms with Gasteiger partial charge in [0.2, 0.25) is 0 Å². The molecule has 0 aromatic carbocycles. The maximum absolute atomic E-state index is 10.0. The molecule has 0 aromatic heterocycles. The summed E-state index contributed by atoms with van der Waals surface area (Å²) >= 11 is 0. The first-order valence-corrected chi connectivity index (χ1v) is 2.55. The van der Waals surface area contributed by atoms with Gasteiger partial charge in [-0.1, -0.05) is 0 Å².